The number of rotatable bonds is 5. The minimum absolute atomic E-state index is 0. The summed E-state index contributed by atoms with van der Waals surface area (Å²) >= 11 is 0. The van der Waals surface area contributed by atoms with Crippen LogP contribution < -0.4 is 16.4 Å². The Labute approximate surface area is 136 Å². The monoisotopic (exact) mass is 329 g/mol. The highest BCUT2D eigenvalue weighted by Crippen LogP contribution is 2.18. The van der Waals surface area contributed by atoms with E-state index in [0.717, 1.165) is 30.5 Å². The quantitative estimate of drug-likeness (QED) is 0.604. The average Bonchev–Trinajstić information content (AvgIpc) is 2.91. The van der Waals surface area contributed by atoms with Crippen LogP contribution in [0.4, 0.5) is 0 Å². The normalized spacial score (nSPS) is 18.1. The van der Waals surface area contributed by atoms with E-state index in [9.17, 15) is 9.59 Å². The number of amides is 2. The molecule has 124 valence electrons. The molecule has 0 radical (unpaired) electrons. The van der Waals surface area contributed by atoms with Crippen LogP contribution in [0.15, 0.2) is 6.20 Å². The van der Waals surface area contributed by atoms with Gasteiger partial charge in [-0.2, -0.15) is 5.10 Å². The zero-order valence-corrected chi connectivity index (χ0v) is 13.7. The van der Waals surface area contributed by atoms with E-state index in [1.165, 1.54) is 0 Å². The first-order valence-corrected chi connectivity index (χ1v) is 7.31. The van der Waals surface area contributed by atoms with E-state index in [4.69, 9.17) is 5.73 Å². The van der Waals surface area contributed by atoms with Gasteiger partial charge in [0.2, 0.25) is 11.8 Å². The Kier molecular flexibility index (Phi) is 6.83. The number of aromatic amines is 1. The maximum absolute atomic E-state index is 11.9. The van der Waals surface area contributed by atoms with Gasteiger partial charge in [-0.15, -0.1) is 12.4 Å². The fraction of sp³-hybridized carbons (Fsp3) is 0.643. The number of aryl methyl sites for hydroxylation is 1. The van der Waals surface area contributed by atoms with Crippen molar-refractivity contribution in [2.75, 3.05) is 6.54 Å². The van der Waals surface area contributed by atoms with Crippen LogP contribution in [0.1, 0.15) is 31.5 Å². The summed E-state index contributed by atoms with van der Waals surface area (Å²) in [5.74, 6) is -0.428. The third kappa shape index (κ3) is 4.71. The average molecular weight is 330 g/mol. The first-order chi connectivity index (χ1) is 9.97. The van der Waals surface area contributed by atoms with Gasteiger partial charge < -0.3 is 16.4 Å². The fourth-order valence-electron chi connectivity index (χ4n) is 2.41. The predicted octanol–water partition coefficient (Wildman–Crippen LogP) is -0.0955. The number of halogens is 1. The van der Waals surface area contributed by atoms with Crippen molar-refractivity contribution in [1.82, 2.24) is 20.8 Å². The molecule has 0 saturated heterocycles. The first-order valence-electron chi connectivity index (χ1n) is 7.31. The van der Waals surface area contributed by atoms with Gasteiger partial charge >= 0.3 is 0 Å². The molecule has 1 heterocycles. The van der Waals surface area contributed by atoms with Gasteiger partial charge in [0.15, 0.2) is 0 Å². The molecule has 22 heavy (non-hydrogen) atoms. The Balaban J connectivity index is 0.00000242. The number of nitrogens with two attached hydrogens (primary N) is 1. The molecule has 1 aromatic rings. The number of carbonyl (C=O) groups is 2. The molecule has 0 aliphatic heterocycles. The number of hydrogen-bond donors (Lipinski definition) is 4. The van der Waals surface area contributed by atoms with E-state index in [1.807, 2.05) is 13.8 Å². The van der Waals surface area contributed by atoms with Crippen molar-refractivity contribution >= 4 is 24.2 Å². The summed E-state index contributed by atoms with van der Waals surface area (Å²) in [5.41, 5.74) is 8.02. The molecule has 8 heteroatoms. The molecule has 2 atom stereocenters. The van der Waals surface area contributed by atoms with Crippen molar-refractivity contribution in [3.05, 3.63) is 17.5 Å². The van der Waals surface area contributed by atoms with Gasteiger partial charge in [-0.05, 0) is 30.7 Å². The highest BCUT2D eigenvalue weighted by molar-refractivity contribution is 5.87. The molecule has 0 aromatic carbocycles. The summed E-state index contributed by atoms with van der Waals surface area (Å²) in [6, 6.07) is -0.487. The molecule has 7 nitrogen and oxygen atoms in total. The van der Waals surface area contributed by atoms with Gasteiger partial charge in [-0.25, -0.2) is 0 Å². The Bertz CT molecular complexity index is 517. The predicted molar refractivity (Wildman–Crippen MR) is 85.6 cm³/mol. The van der Waals surface area contributed by atoms with Crippen LogP contribution in [0.25, 0.3) is 0 Å². The Morgan fingerprint density at radius 2 is 2.23 bits per heavy atom. The molecule has 0 fully saturated rings. The second-order valence-corrected chi connectivity index (χ2v) is 5.87. The maximum atomic E-state index is 11.9. The molecule has 1 aliphatic rings. The van der Waals surface area contributed by atoms with Crippen molar-refractivity contribution in [3.63, 3.8) is 0 Å². The van der Waals surface area contributed by atoms with E-state index in [-0.39, 0.29) is 42.7 Å². The van der Waals surface area contributed by atoms with Crippen LogP contribution in [0.5, 0.6) is 0 Å². The molecule has 0 spiro atoms. The highest BCUT2D eigenvalue weighted by atomic mass is 35.5. The van der Waals surface area contributed by atoms with Crippen LogP contribution >= 0.6 is 12.4 Å². The summed E-state index contributed by atoms with van der Waals surface area (Å²) < 4.78 is 0. The van der Waals surface area contributed by atoms with Gasteiger partial charge in [-0.3, -0.25) is 14.7 Å². The number of carbonyl (C=O) groups excluding carboxylic acids is 2. The molecule has 2 rings (SSSR count). The van der Waals surface area contributed by atoms with Crippen molar-refractivity contribution in [3.8, 4) is 0 Å². The lowest BCUT2D eigenvalue weighted by molar-refractivity contribution is -0.127. The maximum Gasteiger partial charge on any atom is 0.239 e. The van der Waals surface area contributed by atoms with Gasteiger partial charge in [0.05, 0.1) is 18.8 Å². The molecule has 0 bridgehead atoms. The standard InChI is InChI=1S/C14H23N5O2.ClH/c1-8(2)13(15)14(21)16-7-12(20)18-10-3-4-11-9(5-10)6-17-19-11;/h6,8,10,13H,3-5,7,15H2,1-2H3,(H,16,21)(H,17,19)(H,18,20);1H/t10?,13-;/m0./s1. The second kappa shape index (κ2) is 8.14. The summed E-state index contributed by atoms with van der Waals surface area (Å²) in [7, 11) is 0. The number of nitrogens with one attached hydrogen (secondary N) is 3. The van der Waals surface area contributed by atoms with Crippen LogP contribution in [-0.2, 0) is 22.4 Å². The zero-order chi connectivity index (χ0) is 15.4. The van der Waals surface area contributed by atoms with E-state index in [1.54, 1.807) is 6.20 Å². The molecular formula is C14H24ClN5O2. The smallest absolute Gasteiger partial charge is 0.239 e. The zero-order valence-electron chi connectivity index (χ0n) is 12.9. The van der Waals surface area contributed by atoms with Crippen molar-refractivity contribution in [2.45, 2.75) is 45.2 Å². The van der Waals surface area contributed by atoms with E-state index in [2.05, 4.69) is 20.8 Å². The lowest BCUT2D eigenvalue weighted by Gasteiger charge is -2.23. The lowest BCUT2D eigenvalue weighted by Crippen LogP contribution is -2.49. The molecule has 2 amide bonds. The van der Waals surface area contributed by atoms with Gasteiger partial charge in [0, 0.05) is 11.7 Å². The SMILES string of the molecule is CC(C)[C@H](N)C(=O)NCC(=O)NC1CCc2[nH]ncc2C1.Cl. The number of nitrogens with zero attached hydrogens (tertiary/aromatic N) is 1. The van der Waals surface area contributed by atoms with Crippen LogP contribution in [0.3, 0.4) is 0 Å². The number of hydrogen-bond acceptors (Lipinski definition) is 4. The Morgan fingerprint density at radius 1 is 1.50 bits per heavy atom. The fourth-order valence-corrected chi connectivity index (χ4v) is 2.41. The number of fused-ring (bicyclic) bond motifs is 1. The minimum atomic E-state index is -0.582. The summed E-state index contributed by atoms with van der Waals surface area (Å²) in [6.45, 7) is 3.71. The summed E-state index contributed by atoms with van der Waals surface area (Å²) in [5, 5.41) is 12.5. The lowest BCUT2D eigenvalue weighted by atomic mass is 9.93. The van der Waals surface area contributed by atoms with Gasteiger partial charge in [0.25, 0.3) is 0 Å². The van der Waals surface area contributed by atoms with Gasteiger partial charge in [0.1, 0.15) is 0 Å². The number of H-pyrrole nitrogens is 1. The van der Waals surface area contributed by atoms with Crippen molar-refractivity contribution < 1.29 is 9.59 Å². The molecule has 5 N–H and O–H groups in total. The van der Waals surface area contributed by atoms with Crippen molar-refractivity contribution in [2.24, 2.45) is 11.7 Å². The highest BCUT2D eigenvalue weighted by Gasteiger charge is 2.22. The summed E-state index contributed by atoms with van der Waals surface area (Å²) in [6.07, 6.45) is 4.33. The van der Waals surface area contributed by atoms with E-state index < -0.39 is 6.04 Å². The minimum Gasteiger partial charge on any atom is -0.351 e. The third-order valence-electron chi connectivity index (χ3n) is 3.83. The number of aromatic nitrogens is 2. The molecular weight excluding hydrogens is 306 g/mol. The molecule has 1 aliphatic carbocycles. The van der Waals surface area contributed by atoms with Crippen LogP contribution in [-0.4, -0.2) is 40.6 Å². The van der Waals surface area contributed by atoms with E-state index >= 15 is 0 Å². The molecule has 1 unspecified atom stereocenters. The van der Waals surface area contributed by atoms with Crippen molar-refractivity contribution in [1.29, 1.82) is 0 Å². The van der Waals surface area contributed by atoms with Crippen LogP contribution in [0, 0.1) is 5.92 Å². The van der Waals surface area contributed by atoms with E-state index in [0.29, 0.717) is 0 Å². The topological polar surface area (TPSA) is 113 Å². The molecule has 1 aromatic heterocycles. The second-order valence-electron chi connectivity index (χ2n) is 5.87. The van der Waals surface area contributed by atoms with Gasteiger partial charge in [-0.1, -0.05) is 13.8 Å². The Hall–Kier alpha value is -1.60. The Morgan fingerprint density at radius 3 is 2.91 bits per heavy atom. The largest absolute Gasteiger partial charge is 0.351 e. The molecule has 0 saturated carbocycles. The van der Waals surface area contributed by atoms with Crippen LogP contribution in [0.2, 0.25) is 0 Å². The summed E-state index contributed by atoms with van der Waals surface area (Å²) in [4.78, 5) is 23.5. The first kappa shape index (κ1) is 18.4. The third-order valence-corrected chi connectivity index (χ3v) is 3.83.